The molecular formula is C12H18FN3O. The Morgan fingerprint density at radius 3 is 2.53 bits per heavy atom. The van der Waals surface area contributed by atoms with E-state index in [9.17, 15) is 9.18 Å². The number of rotatable bonds is 4. The predicted octanol–water partition coefficient (Wildman–Crippen LogP) is 1.32. The molecule has 1 aromatic carbocycles. The van der Waals surface area contributed by atoms with Crippen LogP contribution in [0.4, 0.5) is 15.8 Å². The van der Waals surface area contributed by atoms with Gasteiger partial charge in [-0.05, 0) is 25.1 Å². The molecule has 1 amide bonds. The maximum atomic E-state index is 12.9. The van der Waals surface area contributed by atoms with E-state index in [0.717, 1.165) is 0 Å². The summed E-state index contributed by atoms with van der Waals surface area (Å²) >= 11 is 0. The number of anilines is 2. The number of hydrogen-bond donors (Lipinski definition) is 1. The first-order chi connectivity index (χ1) is 7.95. The second kappa shape index (κ2) is 5.52. The molecule has 5 heteroatoms. The fourth-order valence-electron chi connectivity index (χ4n) is 1.49. The van der Waals surface area contributed by atoms with Gasteiger partial charge in [0.2, 0.25) is 5.91 Å². The molecule has 0 atom stereocenters. The Kier molecular flexibility index (Phi) is 4.31. The van der Waals surface area contributed by atoms with Gasteiger partial charge in [-0.3, -0.25) is 4.79 Å². The molecule has 0 aliphatic rings. The third-order valence-electron chi connectivity index (χ3n) is 2.54. The molecule has 17 heavy (non-hydrogen) atoms. The summed E-state index contributed by atoms with van der Waals surface area (Å²) in [5.74, 6) is -0.392. The second-order valence-electron chi connectivity index (χ2n) is 4.01. The summed E-state index contributed by atoms with van der Waals surface area (Å²) in [4.78, 5) is 15.0. The lowest BCUT2D eigenvalue weighted by Crippen LogP contribution is -2.36. The van der Waals surface area contributed by atoms with Crippen molar-refractivity contribution in [1.29, 1.82) is 0 Å². The van der Waals surface area contributed by atoms with Gasteiger partial charge in [0, 0.05) is 20.6 Å². The van der Waals surface area contributed by atoms with Gasteiger partial charge < -0.3 is 15.5 Å². The molecule has 1 aromatic rings. The van der Waals surface area contributed by atoms with E-state index >= 15 is 0 Å². The molecule has 0 aliphatic carbocycles. The first-order valence-electron chi connectivity index (χ1n) is 5.45. The number of carbonyl (C=O) groups excluding carboxylic acids is 1. The van der Waals surface area contributed by atoms with E-state index in [-0.39, 0.29) is 18.3 Å². The molecule has 94 valence electrons. The Balaban J connectivity index is 2.90. The summed E-state index contributed by atoms with van der Waals surface area (Å²) in [5, 5.41) is 0. The fraction of sp³-hybridized carbons (Fsp3) is 0.417. The summed E-state index contributed by atoms with van der Waals surface area (Å²) in [7, 11) is 3.40. The number of nitrogens with two attached hydrogens (primary N) is 1. The van der Waals surface area contributed by atoms with E-state index in [4.69, 9.17) is 5.73 Å². The van der Waals surface area contributed by atoms with Crippen molar-refractivity contribution < 1.29 is 9.18 Å². The normalized spacial score (nSPS) is 10.1. The van der Waals surface area contributed by atoms with Crippen molar-refractivity contribution in [3.63, 3.8) is 0 Å². The molecule has 0 fully saturated rings. The van der Waals surface area contributed by atoms with E-state index in [2.05, 4.69) is 0 Å². The highest BCUT2D eigenvalue weighted by atomic mass is 19.1. The van der Waals surface area contributed by atoms with Crippen molar-refractivity contribution in [1.82, 2.24) is 4.90 Å². The molecule has 0 spiro atoms. The molecule has 0 bridgehead atoms. The van der Waals surface area contributed by atoms with Gasteiger partial charge in [0.15, 0.2) is 0 Å². The van der Waals surface area contributed by atoms with E-state index in [1.807, 2.05) is 11.8 Å². The van der Waals surface area contributed by atoms with E-state index in [1.165, 1.54) is 17.0 Å². The van der Waals surface area contributed by atoms with Crippen LogP contribution in [0.5, 0.6) is 0 Å². The lowest BCUT2D eigenvalue weighted by Gasteiger charge is -2.25. The van der Waals surface area contributed by atoms with Crippen LogP contribution in [0.15, 0.2) is 18.2 Å². The number of benzene rings is 1. The highest BCUT2D eigenvalue weighted by Crippen LogP contribution is 2.23. The molecule has 0 saturated heterocycles. The molecule has 0 aliphatic heterocycles. The standard InChI is InChI=1S/C12H18FN3O/c1-4-16(8-12(17)15(2)3)11-6-5-9(13)7-10(11)14/h5-7H,4,8,14H2,1-3H3. The van der Waals surface area contributed by atoms with E-state index in [1.54, 1.807) is 20.2 Å². The van der Waals surface area contributed by atoms with Crippen LogP contribution in [0.1, 0.15) is 6.92 Å². The van der Waals surface area contributed by atoms with Crippen molar-refractivity contribution in [2.45, 2.75) is 6.92 Å². The first kappa shape index (κ1) is 13.3. The molecular weight excluding hydrogens is 221 g/mol. The van der Waals surface area contributed by atoms with Gasteiger partial charge in [0.25, 0.3) is 0 Å². The molecule has 0 radical (unpaired) electrons. The summed E-state index contributed by atoms with van der Waals surface area (Å²) in [6, 6.07) is 4.20. The number of nitrogens with zero attached hydrogens (tertiary/aromatic N) is 2. The van der Waals surface area contributed by atoms with Crippen LogP contribution in [-0.4, -0.2) is 38.0 Å². The minimum Gasteiger partial charge on any atom is -0.397 e. The van der Waals surface area contributed by atoms with Crippen LogP contribution < -0.4 is 10.6 Å². The van der Waals surface area contributed by atoms with Crippen molar-refractivity contribution >= 4 is 17.3 Å². The monoisotopic (exact) mass is 239 g/mol. The number of likely N-dealkylation sites (N-methyl/N-ethyl adjacent to an activating group) is 2. The Bertz CT molecular complexity index is 407. The van der Waals surface area contributed by atoms with Crippen LogP contribution in [-0.2, 0) is 4.79 Å². The lowest BCUT2D eigenvalue weighted by molar-refractivity contribution is -0.127. The predicted molar refractivity (Wildman–Crippen MR) is 67.4 cm³/mol. The number of halogens is 1. The van der Waals surface area contributed by atoms with Crippen molar-refractivity contribution in [2.75, 3.05) is 37.8 Å². The average molecular weight is 239 g/mol. The Labute approximate surface area is 101 Å². The zero-order chi connectivity index (χ0) is 13.0. The maximum absolute atomic E-state index is 12.9. The largest absolute Gasteiger partial charge is 0.397 e. The minimum atomic E-state index is -0.374. The highest BCUT2D eigenvalue weighted by molar-refractivity contribution is 5.82. The highest BCUT2D eigenvalue weighted by Gasteiger charge is 2.13. The van der Waals surface area contributed by atoms with Crippen LogP contribution >= 0.6 is 0 Å². The molecule has 4 nitrogen and oxygen atoms in total. The quantitative estimate of drug-likeness (QED) is 0.806. The summed E-state index contributed by atoms with van der Waals surface area (Å²) < 4.78 is 12.9. The van der Waals surface area contributed by atoms with Gasteiger partial charge >= 0.3 is 0 Å². The summed E-state index contributed by atoms with van der Waals surface area (Å²) in [6.45, 7) is 2.79. The summed E-state index contributed by atoms with van der Waals surface area (Å²) in [5.41, 5.74) is 6.77. The first-order valence-corrected chi connectivity index (χ1v) is 5.45. The van der Waals surface area contributed by atoms with Gasteiger partial charge in [-0.1, -0.05) is 0 Å². The zero-order valence-electron chi connectivity index (χ0n) is 10.4. The van der Waals surface area contributed by atoms with Crippen molar-refractivity contribution in [3.05, 3.63) is 24.0 Å². The number of carbonyl (C=O) groups is 1. The fourth-order valence-corrected chi connectivity index (χ4v) is 1.49. The minimum absolute atomic E-state index is 0.0180. The Hall–Kier alpha value is -1.78. The molecule has 0 unspecified atom stereocenters. The van der Waals surface area contributed by atoms with Crippen LogP contribution in [0, 0.1) is 5.82 Å². The summed E-state index contributed by atoms with van der Waals surface area (Å²) in [6.07, 6.45) is 0. The third kappa shape index (κ3) is 3.34. The van der Waals surface area contributed by atoms with E-state index in [0.29, 0.717) is 17.9 Å². The van der Waals surface area contributed by atoms with Gasteiger partial charge in [0.05, 0.1) is 17.9 Å². The molecule has 2 N–H and O–H groups in total. The lowest BCUT2D eigenvalue weighted by atomic mass is 10.2. The number of amides is 1. The molecule has 0 aromatic heterocycles. The average Bonchev–Trinajstić information content (AvgIpc) is 2.26. The zero-order valence-corrected chi connectivity index (χ0v) is 10.4. The number of hydrogen-bond acceptors (Lipinski definition) is 3. The molecule has 0 saturated carbocycles. The smallest absolute Gasteiger partial charge is 0.241 e. The van der Waals surface area contributed by atoms with Crippen LogP contribution in [0.2, 0.25) is 0 Å². The van der Waals surface area contributed by atoms with Crippen molar-refractivity contribution in [3.8, 4) is 0 Å². The molecule has 1 rings (SSSR count). The second-order valence-corrected chi connectivity index (χ2v) is 4.01. The maximum Gasteiger partial charge on any atom is 0.241 e. The topological polar surface area (TPSA) is 49.6 Å². The van der Waals surface area contributed by atoms with E-state index < -0.39 is 0 Å². The van der Waals surface area contributed by atoms with Gasteiger partial charge in [0.1, 0.15) is 5.82 Å². The third-order valence-corrected chi connectivity index (χ3v) is 2.54. The number of nitrogen functional groups attached to an aromatic ring is 1. The Morgan fingerprint density at radius 2 is 2.06 bits per heavy atom. The van der Waals surface area contributed by atoms with Gasteiger partial charge in [-0.2, -0.15) is 0 Å². The van der Waals surface area contributed by atoms with Gasteiger partial charge in [-0.15, -0.1) is 0 Å². The SMILES string of the molecule is CCN(CC(=O)N(C)C)c1ccc(F)cc1N. The van der Waals surface area contributed by atoms with Crippen molar-refractivity contribution in [2.24, 2.45) is 0 Å². The molecule has 0 heterocycles. The van der Waals surface area contributed by atoms with Gasteiger partial charge in [-0.25, -0.2) is 4.39 Å². The Morgan fingerprint density at radius 1 is 1.41 bits per heavy atom. The van der Waals surface area contributed by atoms with Crippen LogP contribution in [0.3, 0.4) is 0 Å². The van der Waals surface area contributed by atoms with Crippen LogP contribution in [0.25, 0.3) is 0 Å².